The van der Waals surface area contributed by atoms with Crippen LogP contribution in [-0.4, -0.2) is 27.5 Å². The van der Waals surface area contributed by atoms with Crippen molar-refractivity contribution in [3.63, 3.8) is 0 Å². The lowest BCUT2D eigenvalue weighted by molar-refractivity contribution is 0.482. The molecule has 1 aliphatic heterocycles. The Balaban J connectivity index is 1.39. The number of anilines is 1. The number of para-hydroxylation sites is 2. The number of hydrogen-bond donors (Lipinski definition) is 1. The van der Waals surface area contributed by atoms with Gasteiger partial charge in [0, 0.05) is 24.8 Å². The molecular formula is C23H24N2O3S. The lowest BCUT2D eigenvalue weighted by atomic mass is 10.2. The highest BCUT2D eigenvalue weighted by Crippen LogP contribution is 2.29. The largest absolute Gasteiger partial charge is 0.457 e. The number of nitrogens with zero attached hydrogens (tertiary/aromatic N) is 1. The van der Waals surface area contributed by atoms with Crippen molar-refractivity contribution in [1.29, 1.82) is 0 Å². The zero-order valence-corrected chi connectivity index (χ0v) is 17.1. The first-order valence-electron chi connectivity index (χ1n) is 9.70. The first-order chi connectivity index (χ1) is 14.0. The van der Waals surface area contributed by atoms with Gasteiger partial charge in [0.05, 0.1) is 4.90 Å². The van der Waals surface area contributed by atoms with E-state index in [2.05, 4.69) is 21.8 Å². The SMILES string of the molecule is CC(CNS(=O)(=O)c1ccc(Oc2ccccc2)cc1)N1CCc2ccccc21. The molecule has 0 aliphatic carbocycles. The minimum Gasteiger partial charge on any atom is -0.457 e. The number of ether oxygens (including phenoxy) is 1. The summed E-state index contributed by atoms with van der Waals surface area (Å²) in [6.07, 6.45) is 0.996. The minimum absolute atomic E-state index is 0.0640. The third-order valence-electron chi connectivity index (χ3n) is 5.14. The maximum absolute atomic E-state index is 12.7. The van der Waals surface area contributed by atoms with Crippen LogP contribution in [-0.2, 0) is 16.4 Å². The number of rotatable bonds is 7. The molecule has 6 heteroatoms. The Morgan fingerprint density at radius 3 is 2.34 bits per heavy atom. The zero-order valence-electron chi connectivity index (χ0n) is 16.3. The van der Waals surface area contributed by atoms with Crippen molar-refractivity contribution in [3.8, 4) is 11.5 Å². The van der Waals surface area contributed by atoms with E-state index in [1.54, 1.807) is 24.3 Å². The Morgan fingerprint density at radius 1 is 0.931 bits per heavy atom. The fourth-order valence-electron chi connectivity index (χ4n) is 3.56. The molecule has 0 aromatic heterocycles. The van der Waals surface area contributed by atoms with Gasteiger partial charge in [0.15, 0.2) is 0 Å². The molecule has 1 heterocycles. The van der Waals surface area contributed by atoms with Crippen molar-refractivity contribution in [2.45, 2.75) is 24.3 Å². The van der Waals surface area contributed by atoms with E-state index >= 15 is 0 Å². The predicted octanol–water partition coefficient (Wildman–Crippen LogP) is 4.21. The van der Waals surface area contributed by atoms with E-state index in [9.17, 15) is 8.42 Å². The molecule has 4 rings (SSSR count). The zero-order chi connectivity index (χ0) is 20.3. The van der Waals surface area contributed by atoms with Crippen LogP contribution < -0.4 is 14.4 Å². The van der Waals surface area contributed by atoms with E-state index in [1.165, 1.54) is 11.3 Å². The molecule has 1 N–H and O–H groups in total. The van der Waals surface area contributed by atoms with Crippen LogP contribution in [0.15, 0.2) is 83.8 Å². The van der Waals surface area contributed by atoms with Gasteiger partial charge in [-0.1, -0.05) is 36.4 Å². The Hall–Kier alpha value is -2.83. The summed E-state index contributed by atoms with van der Waals surface area (Å²) < 4.78 is 33.9. The maximum Gasteiger partial charge on any atom is 0.240 e. The van der Waals surface area contributed by atoms with E-state index in [0.717, 1.165) is 13.0 Å². The highest BCUT2D eigenvalue weighted by molar-refractivity contribution is 7.89. The average molecular weight is 409 g/mol. The summed E-state index contributed by atoms with van der Waals surface area (Å²) in [5.74, 6) is 1.30. The Bertz CT molecular complexity index is 1070. The molecule has 1 unspecified atom stereocenters. The predicted molar refractivity (Wildman–Crippen MR) is 115 cm³/mol. The number of nitrogens with one attached hydrogen (secondary N) is 1. The van der Waals surface area contributed by atoms with Gasteiger partial charge in [-0.05, 0) is 61.4 Å². The maximum atomic E-state index is 12.7. The average Bonchev–Trinajstić information content (AvgIpc) is 3.18. The van der Waals surface area contributed by atoms with Crippen molar-refractivity contribution in [2.24, 2.45) is 0 Å². The Morgan fingerprint density at radius 2 is 1.59 bits per heavy atom. The van der Waals surface area contributed by atoms with Crippen LogP contribution in [0.5, 0.6) is 11.5 Å². The highest BCUT2D eigenvalue weighted by Gasteiger charge is 2.24. The molecular weight excluding hydrogens is 384 g/mol. The molecule has 150 valence electrons. The third kappa shape index (κ3) is 4.44. The molecule has 0 bridgehead atoms. The first-order valence-corrected chi connectivity index (χ1v) is 11.2. The van der Waals surface area contributed by atoms with Crippen LogP contribution in [0, 0.1) is 0 Å². The molecule has 0 amide bonds. The van der Waals surface area contributed by atoms with E-state index in [0.29, 0.717) is 18.0 Å². The molecule has 0 fully saturated rings. The summed E-state index contributed by atoms with van der Waals surface area (Å²) in [6, 6.07) is 24.2. The van der Waals surface area contributed by atoms with Crippen molar-refractivity contribution >= 4 is 15.7 Å². The Kier molecular flexibility index (Phi) is 5.56. The number of sulfonamides is 1. The van der Waals surface area contributed by atoms with Crippen LogP contribution in [0.2, 0.25) is 0 Å². The van der Waals surface area contributed by atoms with Gasteiger partial charge in [0.25, 0.3) is 0 Å². The van der Waals surface area contributed by atoms with E-state index in [-0.39, 0.29) is 10.9 Å². The Labute approximate surface area is 172 Å². The van der Waals surface area contributed by atoms with Crippen LogP contribution in [0.3, 0.4) is 0 Å². The van der Waals surface area contributed by atoms with Crippen LogP contribution in [0.4, 0.5) is 5.69 Å². The van der Waals surface area contributed by atoms with Gasteiger partial charge in [-0.15, -0.1) is 0 Å². The number of hydrogen-bond acceptors (Lipinski definition) is 4. The van der Waals surface area contributed by atoms with Gasteiger partial charge in [0.2, 0.25) is 10.0 Å². The van der Waals surface area contributed by atoms with Crippen LogP contribution in [0.1, 0.15) is 12.5 Å². The van der Waals surface area contributed by atoms with Crippen molar-refractivity contribution in [1.82, 2.24) is 4.72 Å². The summed E-state index contributed by atoms with van der Waals surface area (Å²) in [7, 11) is -3.58. The molecule has 3 aromatic carbocycles. The third-order valence-corrected chi connectivity index (χ3v) is 6.58. The van der Waals surface area contributed by atoms with Crippen molar-refractivity contribution in [3.05, 3.63) is 84.4 Å². The normalized spacial score (nSPS) is 14.4. The summed E-state index contributed by atoms with van der Waals surface area (Å²) in [5, 5.41) is 0. The quantitative estimate of drug-likeness (QED) is 0.636. The molecule has 29 heavy (non-hydrogen) atoms. The second-order valence-electron chi connectivity index (χ2n) is 7.16. The molecule has 0 saturated heterocycles. The molecule has 1 aliphatic rings. The van der Waals surface area contributed by atoms with Gasteiger partial charge in [-0.2, -0.15) is 0 Å². The molecule has 0 saturated carbocycles. The lowest BCUT2D eigenvalue weighted by Crippen LogP contribution is -2.41. The monoisotopic (exact) mass is 408 g/mol. The summed E-state index contributed by atoms with van der Waals surface area (Å²) in [4.78, 5) is 2.49. The number of benzene rings is 3. The van der Waals surface area contributed by atoms with Gasteiger partial charge in [-0.3, -0.25) is 0 Å². The fraction of sp³-hybridized carbons (Fsp3) is 0.217. The van der Waals surface area contributed by atoms with E-state index in [4.69, 9.17) is 4.74 Å². The van der Waals surface area contributed by atoms with Crippen LogP contribution >= 0.6 is 0 Å². The molecule has 5 nitrogen and oxygen atoms in total. The summed E-state index contributed by atoms with van der Waals surface area (Å²) >= 11 is 0. The van der Waals surface area contributed by atoms with Gasteiger partial charge in [0.1, 0.15) is 11.5 Å². The van der Waals surface area contributed by atoms with Gasteiger partial charge in [-0.25, -0.2) is 13.1 Å². The van der Waals surface area contributed by atoms with Crippen LogP contribution in [0.25, 0.3) is 0 Å². The van der Waals surface area contributed by atoms with Gasteiger partial charge < -0.3 is 9.64 Å². The van der Waals surface area contributed by atoms with E-state index in [1.807, 2.05) is 49.4 Å². The van der Waals surface area contributed by atoms with Gasteiger partial charge >= 0.3 is 0 Å². The molecule has 3 aromatic rings. The molecule has 0 spiro atoms. The fourth-order valence-corrected chi connectivity index (χ4v) is 4.68. The second-order valence-corrected chi connectivity index (χ2v) is 8.93. The number of fused-ring (bicyclic) bond motifs is 1. The lowest BCUT2D eigenvalue weighted by Gasteiger charge is -2.27. The molecule has 0 radical (unpaired) electrons. The smallest absolute Gasteiger partial charge is 0.240 e. The second kappa shape index (κ2) is 8.27. The minimum atomic E-state index is -3.58. The van der Waals surface area contributed by atoms with Crippen molar-refractivity contribution in [2.75, 3.05) is 18.0 Å². The summed E-state index contributed by atoms with van der Waals surface area (Å²) in [5.41, 5.74) is 2.51. The first kappa shape index (κ1) is 19.5. The topological polar surface area (TPSA) is 58.6 Å². The highest BCUT2D eigenvalue weighted by atomic mass is 32.2. The van der Waals surface area contributed by atoms with E-state index < -0.39 is 10.0 Å². The van der Waals surface area contributed by atoms with Crippen molar-refractivity contribution < 1.29 is 13.2 Å². The molecule has 1 atom stereocenters. The summed E-state index contributed by atoms with van der Waals surface area (Å²) in [6.45, 7) is 3.30. The standard InChI is InChI=1S/C23H24N2O3S/c1-18(25-16-15-19-7-5-6-10-23(19)25)17-24-29(26,27)22-13-11-21(12-14-22)28-20-8-3-2-4-9-20/h2-14,18,24H,15-17H2,1H3.